The maximum absolute atomic E-state index is 6.04. The van der Waals surface area contributed by atoms with E-state index in [9.17, 15) is 0 Å². The molecule has 4 nitrogen and oxygen atoms in total. The molecule has 1 N–H and O–H groups in total. The fraction of sp³-hybridized carbons (Fsp3) is 0.926. The van der Waals surface area contributed by atoms with Crippen LogP contribution in [0.5, 0.6) is 0 Å². The molecule has 1 saturated carbocycles. The molecule has 0 amide bonds. The number of nitrogens with zero attached hydrogens (tertiary/aromatic N) is 3. The maximum Gasteiger partial charge on any atom is 0.171 e. The average Bonchev–Trinajstić information content (AvgIpc) is 3.06. The number of nitrogens with one attached hydrogen (secondary N) is 1. The lowest BCUT2D eigenvalue weighted by atomic mass is 9.82. The van der Waals surface area contributed by atoms with Gasteiger partial charge in [-0.2, -0.15) is 0 Å². The molecule has 32 heavy (non-hydrogen) atoms. The first kappa shape index (κ1) is 25.8. The Bertz CT molecular complexity index is 611. The van der Waals surface area contributed by atoms with Gasteiger partial charge in [-0.05, 0) is 81.3 Å². The highest BCUT2D eigenvalue weighted by atomic mass is 32.1. The van der Waals surface area contributed by atoms with E-state index in [0.29, 0.717) is 18.0 Å². The van der Waals surface area contributed by atoms with Crippen molar-refractivity contribution in [3.63, 3.8) is 0 Å². The molecule has 2 aliphatic heterocycles. The third-order valence-corrected chi connectivity index (χ3v) is 8.64. The van der Waals surface area contributed by atoms with Gasteiger partial charge in [0, 0.05) is 44.2 Å². The van der Waals surface area contributed by atoms with Crippen molar-refractivity contribution in [1.82, 2.24) is 15.1 Å². The van der Waals surface area contributed by atoms with Gasteiger partial charge in [0.1, 0.15) is 0 Å². The van der Waals surface area contributed by atoms with Gasteiger partial charge in [0.25, 0.3) is 0 Å². The lowest BCUT2D eigenvalue weighted by Gasteiger charge is -2.33. The highest BCUT2D eigenvalue weighted by Crippen LogP contribution is 2.32. The summed E-state index contributed by atoms with van der Waals surface area (Å²) in [6.45, 7) is 16.2. The molecule has 0 aromatic rings. The zero-order valence-corrected chi connectivity index (χ0v) is 22.4. The van der Waals surface area contributed by atoms with Crippen LogP contribution >= 0.6 is 12.2 Å². The lowest BCUT2D eigenvalue weighted by Crippen LogP contribution is -2.42. The number of hydrogen-bond donors (Lipinski definition) is 1. The van der Waals surface area contributed by atoms with Gasteiger partial charge in [0.15, 0.2) is 5.11 Å². The molecule has 0 aromatic heterocycles. The highest BCUT2D eigenvalue weighted by Gasteiger charge is 2.35. The Morgan fingerprint density at radius 2 is 1.84 bits per heavy atom. The molecule has 1 unspecified atom stereocenters. The van der Waals surface area contributed by atoms with Crippen molar-refractivity contribution in [1.29, 1.82) is 0 Å². The van der Waals surface area contributed by atoms with Gasteiger partial charge in [-0.3, -0.25) is 4.99 Å². The Morgan fingerprint density at radius 1 is 1.09 bits per heavy atom. The first-order valence-corrected chi connectivity index (χ1v) is 14.1. The smallest absolute Gasteiger partial charge is 0.171 e. The summed E-state index contributed by atoms with van der Waals surface area (Å²) < 4.78 is 0. The summed E-state index contributed by atoms with van der Waals surface area (Å²) in [6, 6.07) is 1.23. The fourth-order valence-electron chi connectivity index (χ4n) is 5.79. The summed E-state index contributed by atoms with van der Waals surface area (Å²) >= 11 is 6.04. The topological polar surface area (TPSA) is 30.9 Å². The number of hydrogen-bond acceptors (Lipinski definition) is 3. The van der Waals surface area contributed by atoms with Crippen LogP contribution in [-0.4, -0.2) is 59.0 Å². The lowest BCUT2D eigenvalue weighted by molar-refractivity contribution is 0.210. The van der Waals surface area contributed by atoms with Crippen LogP contribution in [0.4, 0.5) is 0 Å². The van der Waals surface area contributed by atoms with Gasteiger partial charge in [0.2, 0.25) is 0 Å². The maximum atomic E-state index is 6.04. The van der Waals surface area contributed by atoms with Crippen molar-refractivity contribution in [3.05, 3.63) is 0 Å². The third-order valence-electron chi connectivity index (χ3n) is 8.14. The van der Waals surface area contributed by atoms with E-state index in [0.717, 1.165) is 42.5 Å². The minimum absolute atomic E-state index is 0.566. The first-order chi connectivity index (χ1) is 15.4. The van der Waals surface area contributed by atoms with Gasteiger partial charge in [-0.1, -0.05) is 47.5 Å². The van der Waals surface area contributed by atoms with E-state index in [1.54, 1.807) is 0 Å². The molecule has 2 heterocycles. The van der Waals surface area contributed by atoms with Crippen molar-refractivity contribution in [3.8, 4) is 0 Å². The molecule has 0 aromatic carbocycles. The monoisotopic (exact) mass is 462 g/mol. The number of amidine groups is 1. The van der Waals surface area contributed by atoms with Crippen molar-refractivity contribution in [2.75, 3.05) is 26.2 Å². The second kappa shape index (κ2) is 12.6. The number of unbranched alkanes of at least 4 members (excludes halogenated alkanes) is 1. The Labute approximate surface area is 204 Å². The first-order valence-electron chi connectivity index (χ1n) is 13.7. The van der Waals surface area contributed by atoms with Crippen LogP contribution in [0.25, 0.3) is 0 Å². The molecule has 184 valence electrons. The van der Waals surface area contributed by atoms with Crippen LogP contribution in [-0.2, 0) is 0 Å². The van der Waals surface area contributed by atoms with E-state index in [2.05, 4.69) is 49.7 Å². The predicted molar refractivity (Wildman–Crippen MR) is 142 cm³/mol. The minimum atomic E-state index is 0.566. The largest absolute Gasteiger partial charge is 0.371 e. The van der Waals surface area contributed by atoms with E-state index < -0.39 is 0 Å². The number of thiocarbonyl (C=S) groups is 1. The van der Waals surface area contributed by atoms with Crippen molar-refractivity contribution < 1.29 is 0 Å². The predicted octanol–water partition coefficient (Wildman–Crippen LogP) is 6.11. The number of aliphatic imine (C=N–C) groups is 1. The van der Waals surface area contributed by atoms with Crippen molar-refractivity contribution in [2.24, 2.45) is 28.7 Å². The molecule has 2 fully saturated rings. The van der Waals surface area contributed by atoms with Crippen LogP contribution in [0, 0.1) is 23.7 Å². The molecule has 1 saturated heterocycles. The van der Waals surface area contributed by atoms with Crippen LogP contribution in [0.1, 0.15) is 98.8 Å². The molecule has 0 radical (unpaired) electrons. The van der Waals surface area contributed by atoms with E-state index in [1.807, 2.05) is 0 Å². The Kier molecular flexibility index (Phi) is 10.1. The number of rotatable bonds is 11. The quantitative estimate of drug-likeness (QED) is 0.297. The molecule has 1 aliphatic carbocycles. The second-order valence-electron chi connectivity index (χ2n) is 11.5. The van der Waals surface area contributed by atoms with Crippen molar-refractivity contribution in [2.45, 2.75) is 111 Å². The van der Waals surface area contributed by atoms with E-state index in [4.69, 9.17) is 17.2 Å². The summed E-state index contributed by atoms with van der Waals surface area (Å²) in [4.78, 5) is 9.89. The van der Waals surface area contributed by atoms with Crippen LogP contribution in [0.15, 0.2) is 4.99 Å². The van der Waals surface area contributed by atoms with E-state index in [-0.39, 0.29) is 0 Å². The van der Waals surface area contributed by atoms with Gasteiger partial charge >= 0.3 is 0 Å². The SMILES string of the molecule is CCC(C)C1=NCC[C@H](CCCCN2C[C@@H](CC(C)C)N(CC3CCC(C)CC3)C2=S)N1. The molecule has 0 spiro atoms. The van der Waals surface area contributed by atoms with E-state index in [1.165, 1.54) is 76.6 Å². The normalized spacial score (nSPS) is 29.9. The Hall–Kier alpha value is -0.840. The molecular formula is C27H50N4S. The van der Waals surface area contributed by atoms with Gasteiger partial charge in [-0.15, -0.1) is 0 Å². The van der Waals surface area contributed by atoms with Gasteiger partial charge in [-0.25, -0.2) is 0 Å². The summed E-state index contributed by atoms with van der Waals surface area (Å²) in [5.74, 6) is 4.31. The zero-order chi connectivity index (χ0) is 23.1. The molecule has 0 bridgehead atoms. The molecular weight excluding hydrogens is 412 g/mol. The van der Waals surface area contributed by atoms with Gasteiger partial charge < -0.3 is 15.1 Å². The average molecular weight is 463 g/mol. The summed E-state index contributed by atoms with van der Waals surface area (Å²) in [7, 11) is 0. The Balaban J connectivity index is 1.44. The second-order valence-corrected chi connectivity index (χ2v) is 11.9. The summed E-state index contributed by atoms with van der Waals surface area (Å²) in [5, 5.41) is 4.88. The highest BCUT2D eigenvalue weighted by molar-refractivity contribution is 7.80. The summed E-state index contributed by atoms with van der Waals surface area (Å²) in [5.41, 5.74) is 0. The van der Waals surface area contributed by atoms with Crippen LogP contribution in [0.3, 0.4) is 0 Å². The summed E-state index contributed by atoms with van der Waals surface area (Å²) in [6.07, 6.45) is 13.0. The molecule has 5 heteroatoms. The van der Waals surface area contributed by atoms with Crippen LogP contribution in [0.2, 0.25) is 0 Å². The molecule has 3 aliphatic rings. The zero-order valence-electron chi connectivity index (χ0n) is 21.6. The fourth-order valence-corrected chi connectivity index (χ4v) is 6.18. The van der Waals surface area contributed by atoms with Gasteiger partial charge in [0.05, 0.1) is 5.84 Å². The standard InChI is InChI=1S/C27H50N4S/c1-6-22(5)26-28-15-14-24(29-26)9-7-8-16-30-19-25(17-20(2)3)31(27(30)32)18-23-12-10-21(4)11-13-23/h20-25H,6-19H2,1-5H3,(H,28,29)/t21?,22?,23?,24-,25+/m0/s1. The Morgan fingerprint density at radius 3 is 2.53 bits per heavy atom. The van der Waals surface area contributed by atoms with Crippen molar-refractivity contribution >= 4 is 23.2 Å². The van der Waals surface area contributed by atoms with Crippen LogP contribution < -0.4 is 5.32 Å². The van der Waals surface area contributed by atoms with E-state index >= 15 is 0 Å². The third kappa shape index (κ3) is 7.33. The minimum Gasteiger partial charge on any atom is -0.371 e. The molecule has 3 rings (SSSR count). The molecule has 3 atom stereocenters.